The fourth-order valence-corrected chi connectivity index (χ4v) is 3.70. The van der Waals surface area contributed by atoms with Crippen LogP contribution in [0, 0.1) is 6.92 Å². The second-order valence-corrected chi connectivity index (χ2v) is 6.58. The molecule has 2 fully saturated rings. The summed E-state index contributed by atoms with van der Waals surface area (Å²) in [6.45, 7) is 1.75. The molecule has 1 heterocycles. The van der Waals surface area contributed by atoms with E-state index in [2.05, 4.69) is 15.5 Å². The van der Waals surface area contributed by atoms with Crippen LogP contribution in [0.3, 0.4) is 0 Å². The van der Waals surface area contributed by atoms with E-state index in [1.165, 1.54) is 0 Å². The predicted octanol–water partition coefficient (Wildman–Crippen LogP) is 1.96. The number of carbonyl (C=O) groups is 1. The Balaban J connectivity index is 1.72. The highest BCUT2D eigenvalue weighted by Gasteiger charge is 2.43. The van der Waals surface area contributed by atoms with Crippen LogP contribution in [-0.4, -0.2) is 26.8 Å². The molecule has 6 nitrogen and oxygen atoms in total. The molecule has 2 N–H and O–H groups in total. The van der Waals surface area contributed by atoms with Crippen LogP contribution < -0.4 is 5.32 Å². The molecule has 0 aliphatic heterocycles. The van der Waals surface area contributed by atoms with Crippen molar-refractivity contribution in [2.24, 2.45) is 0 Å². The molecule has 2 saturated carbocycles. The Hall–Kier alpha value is -1.43. The van der Waals surface area contributed by atoms with Crippen molar-refractivity contribution >= 4 is 5.91 Å². The molecule has 1 aromatic heterocycles. The average Bonchev–Trinajstić information content (AvgIpc) is 3.11. The van der Waals surface area contributed by atoms with Crippen molar-refractivity contribution in [3.63, 3.8) is 0 Å². The van der Waals surface area contributed by atoms with Crippen molar-refractivity contribution in [1.29, 1.82) is 0 Å². The fraction of sp³-hybridized carbons (Fsp3) is 0.800. The molecular weight excluding hydrogens is 270 g/mol. The number of nitrogens with zero attached hydrogens (tertiary/aromatic N) is 2. The Bertz CT molecular complexity index is 514. The largest absolute Gasteiger partial charge is 0.389 e. The van der Waals surface area contributed by atoms with Gasteiger partial charge in [-0.1, -0.05) is 30.8 Å². The normalized spacial score (nSPS) is 23.3. The fourth-order valence-electron chi connectivity index (χ4n) is 3.70. The first-order valence-corrected chi connectivity index (χ1v) is 7.86. The molecule has 0 unspecified atom stereocenters. The summed E-state index contributed by atoms with van der Waals surface area (Å²) in [6, 6.07) is 0. The number of aryl methyl sites for hydroxylation is 1. The molecule has 6 heteroatoms. The summed E-state index contributed by atoms with van der Waals surface area (Å²) < 4.78 is 5.07. The predicted molar refractivity (Wildman–Crippen MR) is 75.4 cm³/mol. The number of aromatic nitrogens is 2. The first kappa shape index (κ1) is 14.5. The maximum atomic E-state index is 12.4. The molecule has 0 atom stereocenters. The van der Waals surface area contributed by atoms with E-state index in [1.54, 1.807) is 6.92 Å². The molecule has 2 aliphatic rings. The van der Waals surface area contributed by atoms with Crippen LogP contribution in [0.2, 0.25) is 0 Å². The minimum atomic E-state index is -0.822. The number of hydrogen-bond donors (Lipinski definition) is 2. The summed E-state index contributed by atoms with van der Waals surface area (Å²) in [5.74, 6) is 0.980. The highest BCUT2D eigenvalue weighted by molar-refractivity contribution is 5.78. The van der Waals surface area contributed by atoms with Gasteiger partial charge in [0, 0.05) is 6.92 Å². The van der Waals surface area contributed by atoms with Gasteiger partial charge < -0.3 is 14.9 Å². The summed E-state index contributed by atoms with van der Waals surface area (Å²) in [4.78, 5) is 16.7. The monoisotopic (exact) mass is 293 g/mol. The Morgan fingerprint density at radius 1 is 1.24 bits per heavy atom. The minimum Gasteiger partial charge on any atom is -0.389 e. The summed E-state index contributed by atoms with van der Waals surface area (Å²) >= 11 is 0. The van der Waals surface area contributed by atoms with Gasteiger partial charge in [-0.05, 0) is 25.7 Å². The maximum absolute atomic E-state index is 12.4. The van der Waals surface area contributed by atoms with Gasteiger partial charge in [-0.25, -0.2) is 0 Å². The van der Waals surface area contributed by atoms with Gasteiger partial charge >= 0.3 is 0 Å². The van der Waals surface area contributed by atoms with Crippen molar-refractivity contribution in [3.05, 3.63) is 11.7 Å². The van der Waals surface area contributed by atoms with Gasteiger partial charge in [-0.2, -0.15) is 4.98 Å². The number of aliphatic hydroxyl groups is 1. The molecule has 0 bridgehead atoms. The second kappa shape index (κ2) is 5.40. The van der Waals surface area contributed by atoms with Crippen molar-refractivity contribution in [2.75, 3.05) is 0 Å². The van der Waals surface area contributed by atoms with Gasteiger partial charge in [0.15, 0.2) is 5.82 Å². The second-order valence-electron chi connectivity index (χ2n) is 6.58. The van der Waals surface area contributed by atoms with Crippen LogP contribution >= 0.6 is 0 Å². The zero-order valence-electron chi connectivity index (χ0n) is 12.5. The van der Waals surface area contributed by atoms with Gasteiger partial charge in [0.05, 0.1) is 12.0 Å². The molecule has 0 spiro atoms. The lowest BCUT2D eigenvalue weighted by Gasteiger charge is -2.29. The van der Waals surface area contributed by atoms with Crippen LogP contribution in [0.4, 0.5) is 0 Å². The Morgan fingerprint density at radius 2 is 1.86 bits per heavy atom. The summed E-state index contributed by atoms with van der Waals surface area (Å²) in [5.41, 5.74) is -1.33. The lowest BCUT2D eigenvalue weighted by Crippen LogP contribution is -2.47. The Labute approximate surface area is 124 Å². The van der Waals surface area contributed by atoms with Gasteiger partial charge in [-0.3, -0.25) is 4.79 Å². The third-order valence-corrected chi connectivity index (χ3v) is 4.82. The van der Waals surface area contributed by atoms with Gasteiger partial charge in [0.1, 0.15) is 5.54 Å². The quantitative estimate of drug-likeness (QED) is 0.886. The molecule has 1 aromatic rings. The van der Waals surface area contributed by atoms with Crippen molar-refractivity contribution in [2.45, 2.75) is 75.9 Å². The molecule has 0 saturated heterocycles. The van der Waals surface area contributed by atoms with Gasteiger partial charge in [-0.15, -0.1) is 0 Å². The Morgan fingerprint density at radius 3 is 2.43 bits per heavy atom. The third-order valence-electron chi connectivity index (χ3n) is 4.82. The highest BCUT2D eigenvalue weighted by atomic mass is 16.5. The summed E-state index contributed by atoms with van der Waals surface area (Å²) in [7, 11) is 0. The highest BCUT2D eigenvalue weighted by Crippen LogP contribution is 2.38. The number of amides is 1. The molecule has 0 aromatic carbocycles. The molecular formula is C15H23N3O3. The molecule has 2 aliphatic carbocycles. The van der Waals surface area contributed by atoms with E-state index in [-0.39, 0.29) is 12.3 Å². The molecule has 3 rings (SSSR count). The number of hydrogen-bond acceptors (Lipinski definition) is 5. The van der Waals surface area contributed by atoms with Crippen molar-refractivity contribution < 1.29 is 14.4 Å². The van der Waals surface area contributed by atoms with E-state index < -0.39 is 11.1 Å². The van der Waals surface area contributed by atoms with Crippen LogP contribution in [-0.2, 0) is 10.3 Å². The van der Waals surface area contributed by atoms with E-state index in [9.17, 15) is 9.90 Å². The van der Waals surface area contributed by atoms with Crippen LogP contribution in [0.15, 0.2) is 4.52 Å². The van der Waals surface area contributed by atoms with Gasteiger partial charge in [0.25, 0.3) is 0 Å². The molecule has 116 valence electrons. The van der Waals surface area contributed by atoms with Crippen LogP contribution in [0.25, 0.3) is 0 Å². The van der Waals surface area contributed by atoms with E-state index >= 15 is 0 Å². The van der Waals surface area contributed by atoms with E-state index in [0.29, 0.717) is 11.7 Å². The van der Waals surface area contributed by atoms with Gasteiger partial charge in [0.2, 0.25) is 11.8 Å². The smallest absolute Gasteiger partial charge is 0.223 e. The standard InChI is InChI=1S/C15H23N3O3/c1-11-16-13(18-21-11)15(8-4-5-9-15)17-12(19)10-14(20)6-2-3-7-14/h20H,2-10H2,1H3,(H,17,19). The molecule has 0 radical (unpaired) electrons. The number of nitrogens with one attached hydrogen (secondary N) is 1. The average molecular weight is 293 g/mol. The Kier molecular flexibility index (Phi) is 3.73. The SMILES string of the molecule is Cc1nc(C2(NC(=O)CC3(O)CCCC3)CCCC2)no1. The van der Waals surface area contributed by atoms with Crippen LogP contribution in [0.1, 0.15) is 69.5 Å². The van der Waals surface area contributed by atoms with E-state index in [0.717, 1.165) is 51.4 Å². The first-order valence-electron chi connectivity index (χ1n) is 7.86. The topological polar surface area (TPSA) is 88.2 Å². The third kappa shape index (κ3) is 2.95. The minimum absolute atomic E-state index is 0.108. The first-order chi connectivity index (χ1) is 10.0. The van der Waals surface area contributed by atoms with Crippen molar-refractivity contribution in [1.82, 2.24) is 15.5 Å². The van der Waals surface area contributed by atoms with E-state index in [4.69, 9.17) is 4.52 Å². The zero-order chi connectivity index (χ0) is 14.9. The lowest BCUT2D eigenvalue weighted by atomic mass is 9.93. The van der Waals surface area contributed by atoms with E-state index in [1.807, 2.05) is 0 Å². The summed E-state index contributed by atoms with van der Waals surface area (Å²) in [6.07, 6.45) is 7.34. The van der Waals surface area contributed by atoms with Crippen LogP contribution in [0.5, 0.6) is 0 Å². The molecule has 21 heavy (non-hydrogen) atoms. The van der Waals surface area contributed by atoms with Crippen molar-refractivity contribution in [3.8, 4) is 0 Å². The molecule has 1 amide bonds. The zero-order valence-corrected chi connectivity index (χ0v) is 12.5. The maximum Gasteiger partial charge on any atom is 0.223 e. The summed E-state index contributed by atoms with van der Waals surface area (Å²) in [5, 5.41) is 17.5. The number of carbonyl (C=O) groups excluding carboxylic acids is 1. The lowest BCUT2D eigenvalue weighted by molar-refractivity contribution is -0.128. The number of rotatable bonds is 4.